The van der Waals surface area contributed by atoms with Crippen molar-refractivity contribution < 1.29 is 17.4 Å². The van der Waals surface area contributed by atoms with E-state index in [9.17, 15) is 13.0 Å². The van der Waals surface area contributed by atoms with Gasteiger partial charge in [0.05, 0.1) is 11.0 Å². The summed E-state index contributed by atoms with van der Waals surface area (Å²) in [6.45, 7) is 10.3. The molecule has 2 aliphatic rings. The highest BCUT2D eigenvalue weighted by Gasteiger charge is 2.23. The fourth-order valence-electron chi connectivity index (χ4n) is 5.20. The highest BCUT2D eigenvalue weighted by Crippen LogP contribution is 2.42. The first-order chi connectivity index (χ1) is 20.6. The van der Waals surface area contributed by atoms with Gasteiger partial charge >= 0.3 is 0 Å². The van der Waals surface area contributed by atoms with Crippen LogP contribution in [-0.2, 0) is 10.1 Å². The van der Waals surface area contributed by atoms with E-state index in [1.165, 1.54) is 11.6 Å². The molecule has 6 nitrogen and oxygen atoms in total. The highest BCUT2D eigenvalue weighted by atomic mass is 32.2. The zero-order valence-corrected chi connectivity index (χ0v) is 25.9. The van der Waals surface area contributed by atoms with Gasteiger partial charge in [-0.05, 0) is 75.6 Å². The van der Waals surface area contributed by atoms with Gasteiger partial charge < -0.3 is 9.73 Å². The van der Waals surface area contributed by atoms with Gasteiger partial charge in [-0.15, -0.1) is 0 Å². The molecule has 1 atom stereocenters. The molecule has 0 fully saturated rings. The Morgan fingerprint density at radius 1 is 0.977 bits per heavy atom. The van der Waals surface area contributed by atoms with Crippen LogP contribution < -0.4 is 10.7 Å². The number of para-hydroxylation sites is 1. The molecule has 1 unspecified atom stereocenters. The lowest BCUT2D eigenvalue weighted by Crippen LogP contribution is -2.16. The van der Waals surface area contributed by atoms with Crippen molar-refractivity contribution in [3.8, 4) is 22.5 Å². The third-order valence-electron chi connectivity index (χ3n) is 7.62. The van der Waals surface area contributed by atoms with Crippen LogP contribution in [0.2, 0.25) is 0 Å². The average molecular weight is 593 g/mol. The molecular weight excluding hydrogens is 556 g/mol. The first-order valence-corrected chi connectivity index (χ1v) is 15.8. The summed E-state index contributed by atoms with van der Waals surface area (Å²) in [6.07, 6.45) is 7.26. The molecule has 0 bridgehead atoms. The average Bonchev–Trinajstić information content (AvgIpc) is 2.97. The monoisotopic (exact) mass is 592 g/mol. The van der Waals surface area contributed by atoms with E-state index in [0.717, 1.165) is 34.3 Å². The first-order valence-electron chi connectivity index (χ1n) is 14.3. The van der Waals surface area contributed by atoms with Crippen molar-refractivity contribution in [2.45, 2.75) is 52.0 Å². The Morgan fingerprint density at radius 3 is 2.44 bits per heavy atom. The third kappa shape index (κ3) is 6.48. The van der Waals surface area contributed by atoms with Crippen LogP contribution in [0, 0.1) is 13.8 Å². The molecule has 0 spiro atoms. The van der Waals surface area contributed by atoms with E-state index < -0.39 is 10.1 Å². The molecule has 1 aliphatic heterocycles. The third-order valence-corrected chi connectivity index (χ3v) is 8.53. The summed E-state index contributed by atoms with van der Waals surface area (Å²) in [4.78, 5) is 4.75. The van der Waals surface area contributed by atoms with E-state index >= 15 is 0 Å². The molecule has 3 aromatic carbocycles. The number of anilines is 1. The normalized spacial score (nSPS) is 13.7. The van der Waals surface area contributed by atoms with Crippen LogP contribution in [0.3, 0.4) is 0 Å². The summed E-state index contributed by atoms with van der Waals surface area (Å²) in [6, 6.07) is 24.1. The molecule has 220 valence electrons. The smallest absolute Gasteiger partial charge is 0.295 e. The number of fused-ring (bicyclic) bond motifs is 2. The van der Waals surface area contributed by atoms with Crippen molar-refractivity contribution in [2.24, 2.45) is 4.99 Å². The van der Waals surface area contributed by atoms with Crippen LogP contribution in [-0.4, -0.2) is 19.0 Å². The quantitative estimate of drug-likeness (QED) is 0.107. The van der Waals surface area contributed by atoms with Gasteiger partial charge in [-0.1, -0.05) is 67.1 Å². The number of nitrogens with one attached hydrogen (secondary N) is 1. The Morgan fingerprint density at radius 2 is 1.72 bits per heavy atom. The summed E-state index contributed by atoms with van der Waals surface area (Å²) in [5.74, 6) is 0.547. The number of rotatable bonds is 8. The second-order valence-electron chi connectivity index (χ2n) is 10.8. The molecule has 2 N–H and O–H groups in total. The van der Waals surface area contributed by atoms with Crippen molar-refractivity contribution in [3.05, 3.63) is 119 Å². The van der Waals surface area contributed by atoms with Crippen LogP contribution in [0.15, 0.2) is 117 Å². The number of nitrogens with zero attached hydrogens (tertiary/aromatic N) is 1. The minimum Gasteiger partial charge on any atom is -0.456 e. The van der Waals surface area contributed by atoms with Crippen LogP contribution in [0.1, 0.15) is 38.3 Å². The number of hydrogen-bond donors (Lipinski definition) is 2. The number of benzene rings is 4. The molecule has 1 aliphatic carbocycles. The standard InChI is InChI=1S/C36H36N2O4S/c1-6-7-8-12-23(2)26(5)37-27-17-19-29-32(21-27)42-33-22-28(38-36-24(3)13-11-14-25(36)4)18-20-30(33)35(29)31-15-9-10-16-34(31)43(39,40)41/h7-22,26,37H,6H2,1-5H3,(H,39,40,41)/b8-7-,23-12-,38-28-. The van der Waals surface area contributed by atoms with Crippen LogP contribution >= 0.6 is 0 Å². The summed E-state index contributed by atoms with van der Waals surface area (Å²) < 4.78 is 41.5. The summed E-state index contributed by atoms with van der Waals surface area (Å²) >= 11 is 0. The zero-order chi connectivity index (χ0) is 30.7. The Bertz CT molecular complexity index is 2000. The predicted molar refractivity (Wildman–Crippen MR) is 175 cm³/mol. The number of aryl methyl sites for hydroxylation is 2. The van der Waals surface area contributed by atoms with Crippen LogP contribution in [0.4, 0.5) is 11.4 Å². The zero-order valence-electron chi connectivity index (χ0n) is 25.0. The fourth-order valence-corrected chi connectivity index (χ4v) is 5.90. The summed E-state index contributed by atoms with van der Waals surface area (Å²) in [7, 11) is -4.49. The van der Waals surface area contributed by atoms with Gasteiger partial charge in [-0.2, -0.15) is 8.42 Å². The van der Waals surface area contributed by atoms with E-state index in [0.29, 0.717) is 33.4 Å². The topological polar surface area (TPSA) is 91.9 Å². The predicted octanol–water partition coefficient (Wildman–Crippen LogP) is 9.01. The Kier molecular flexibility index (Phi) is 8.67. The maximum atomic E-state index is 12.5. The van der Waals surface area contributed by atoms with Gasteiger partial charge in [-0.25, -0.2) is 4.99 Å². The SMILES string of the molecule is CC/C=C\C=C(\C)C(C)Nc1ccc2c(-c3ccccc3S(=O)(=O)O)c3cc/c(=N/c4c(C)cccc4C)cc-3oc2c1. The van der Waals surface area contributed by atoms with Gasteiger partial charge in [0.25, 0.3) is 10.1 Å². The molecule has 7 heteroatoms. The van der Waals surface area contributed by atoms with E-state index in [2.05, 4.69) is 44.3 Å². The van der Waals surface area contributed by atoms with E-state index in [-0.39, 0.29) is 10.9 Å². The molecule has 5 rings (SSSR count). The molecule has 1 heterocycles. The van der Waals surface area contributed by atoms with Crippen molar-refractivity contribution in [2.75, 3.05) is 5.32 Å². The van der Waals surface area contributed by atoms with Crippen LogP contribution in [0.5, 0.6) is 0 Å². The first kappa shape index (κ1) is 30.0. The molecule has 43 heavy (non-hydrogen) atoms. The van der Waals surface area contributed by atoms with E-state index in [1.807, 2.05) is 68.4 Å². The number of hydrogen-bond acceptors (Lipinski definition) is 5. The van der Waals surface area contributed by atoms with Gasteiger partial charge in [0.2, 0.25) is 0 Å². The second kappa shape index (κ2) is 12.4. The summed E-state index contributed by atoms with van der Waals surface area (Å²) in [5, 5.41) is 4.98. The highest BCUT2D eigenvalue weighted by molar-refractivity contribution is 7.86. The fraction of sp³-hybridized carbons (Fsp3) is 0.194. The number of allylic oxidation sites excluding steroid dienone is 3. The molecule has 0 radical (unpaired) electrons. The Hall–Kier alpha value is -4.46. The molecule has 0 saturated heterocycles. The lowest BCUT2D eigenvalue weighted by molar-refractivity contribution is 0.483. The van der Waals surface area contributed by atoms with Gasteiger partial charge in [0.1, 0.15) is 16.2 Å². The van der Waals surface area contributed by atoms with Crippen LogP contribution in [0.25, 0.3) is 33.4 Å². The van der Waals surface area contributed by atoms with Gasteiger partial charge in [0.15, 0.2) is 0 Å². The van der Waals surface area contributed by atoms with Gasteiger partial charge in [0, 0.05) is 45.9 Å². The van der Waals surface area contributed by atoms with Crippen molar-refractivity contribution in [1.29, 1.82) is 0 Å². The molecule has 0 aromatic heterocycles. The maximum Gasteiger partial charge on any atom is 0.295 e. The molecule has 0 amide bonds. The molecule has 3 aromatic rings. The molecular formula is C36H36N2O4S. The maximum absolute atomic E-state index is 12.5. The lowest BCUT2D eigenvalue weighted by atomic mass is 9.93. The Balaban J connectivity index is 1.74. The minimum atomic E-state index is -4.49. The molecule has 0 saturated carbocycles. The lowest BCUT2D eigenvalue weighted by Gasteiger charge is -2.19. The summed E-state index contributed by atoms with van der Waals surface area (Å²) in [5.41, 5.74) is 7.41. The largest absolute Gasteiger partial charge is 0.456 e. The van der Waals surface area contributed by atoms with E-state index in [4.69, 9.17) is 9.41 Å². The minimum absolute atomic E-state index is 0.0712. The van der Waals surface area contributed by atoms with Gasteiger partial charge in [-0.3, -0.25) is 4.55 Å². The van der Waals surface area contributed by atoms with Crippen molar-refractivity contribution in [1.82, 2.24) is 0 Å². The Labute approximate surface area is 253 Å². The second-order valence-corrected chi connectivity index (χ2v) is 12.2. The van der Waals surface area contributed by atoms with Crippen molar-refractivity contribution >= 4 is 32.5 Å². The van der Waals surface area contributed by atoms with Crippen molar-refractivity contribution in [3.63, 3.8) is 0 Å². The van der Waals surface area contributed by atoms with E-state index in [1.54, 1.807) is 18.2 Å².